The SMILES string of the molecule is COc1ccc(C)c2cc(Cc3ccccc3)c(NN)nc12. The number of methoxy groups -OCH3 is 1. The van der Waals surface area contributed by atoms with Crippen LogP contribution in [0.5, 0.6) is 5.75 Å². The van der Waals surface area contributed by atoms with Crippen molar-refractivity contribution in [1.29, 1.82) is 0 Å². The quantitative estimate of drug-likeness (QED) is 0.571. The molecule has 2 aromatic carbocycles. The van der Waals surface area contributed by atoms with Gasteiger partial charge in [0.05, 0.1) is 7.11 Å². The van der Waals surface area contributed by atoms with E-state index in [1.807, 2.05) is 30.3 Å². The van der Waals surface area contributed by atoms with Gasteiger partial charge in [-0.05, 0) is 30.2 Å². The van der Waals surface area contributed by atoms with Crippen LogP contribution < -0.4 is 16.0 Å². The molecule has 0 radical (unpaired) electrons. The number of hydrogen-bond donors (Lipinski definition) is 2. The zero-order valence-electron chi connectivity index (χ0n) is 12.8. The van der Waals surface area contributed by atoms with E-state index in [0.717, 1.165) is 28.6 Å². The number of ether oxygens (including phenoxy) is 1. The van der Waals surface area contributed by atoms with Crippen molar-refractivity contribution in [3.05, 3.63) is 65.2 Å². The van der Waals surface area contributed by atoms with Crippen molar-refractivity contribution >= 4 is 16.7 Å². The van der Waals surface area contributed by atoms with Crippen LogP contribution in [0.3, 0.4) is 0 Å². The molecule has 3 aromatic rings. The summed E-state index contributed by atoms with van der Waals surface area (Å²) in [5.41, 5.74) is 7.00. The Morgan fingerprint density at radius 3 is 2.59 bits per heavy atom. The van der Waals surface area contributed by atoms with Gasteiger partial charge in [0.1, 0.15) is 17.1 Å². The topological polar surface area (TPSA) is 60.2 Å². The maximum atomic E-state index is 5.67. The number of nitrogen functional groups attached to an aromatic ring is 1. The number of nitrogens with one attached hydrogen (secondary N) is 1. The first kappa shape index (κ1) is 14.4. The number of anilines is 1. The second-order valence-electron chi connectivity index (χ2n) is 5.28. The Balaban J connectivity index is 2.16. The van der Waals surface area contributed by atoms with Gasteiger partial charge in [-0.3, -0.25) is 0 Å². The first-order chi connectivity index (χ1) is 10.7. The summed E-state index contributed by atoms with van der Waals surface area (Å²) in [7, 11) is 1.65. The highest BCUT2D eigenvalue weighted by Gasteiger charge is 2.12. The molecule has 0 unspecified atom stereocenters. The smallest absolute Gasteiger partial charge is 0.145 e. The molecule has 1 aromatic heterocycles. The van der Waals surface area contributed by atoms with E-state index in [-0.39, 0.29) is 0 Å². The first-order valence-corrected chi connectivity index (χ1v) is 7.20. The van der Waals surface area contributed by atoms with Crippen molar-refractivity contribution < 1.29 is 4.74 Å². The largest absolute Gasteiger partial charge is 0.494 e. The van der Waals surface area contributed by atoms with Gasteiger partial charge in [0.15, 0.2) is 0 Å². The number of benzene rings is 2. The van der Waals surface area contributed by atoms with E-state index >= 15 is 0 Å². The summed E-state index contributed by atoms with van der Waals surface area (Å²) >= 11 is 0. The lowest BCUT2D eigenvalue weighted by atomic mass is 10.0. The molecule has 112 valence electrons. The Labute approximate surface area is 129 Å². The molecule has 4 nitrogen and oxygen atoms in total. The van der Waals surface area contributed by atoms with E-state index in [1.54, 1.807) is 7.11 Å². The van der Waals surface area contributed by atoms with E-state index in [1.165, 1.54) is 11.1 Å². The molecule has 1 heterocycles. The second kappa shape index (κ2) is 6.03. The van der Waals surface area contributed by atoms with E-state index in [9.17, 15) is 0 Å². The average Bonchev–Trinajstić information content (AvgIpc) is 2.56. The fourth-order valence-electron chi connectivity index (χ4n) is 2.65. The third-order valence-corrected chi connectivity index (χ3v) is 3.84. The van der Waals surface area contributed by atoms with Gasteiger partial charge in [-0.1, -0.05) is 36.4 Å². The zero-order chi connectivity index (χ0) is 15.5. The molecular formula is C18H19N3O. The predicted octanol–water partition coefficient (Wildman–Crippen LogP) is 3.43. The molecule has 0 spiro atoms. The molecule has 0 aliphatic heterocycles. The monoisotopic (exact) mass is 293 g/mol. The van der Waals surface area contributed by atoms with Gasteiger partial charge in [-0.25, -0.2) is 10.8 Å². The van der Waals surface area contributed by atoms with Crippen LogP contribution >= 0.6 is 0 Å². The summed E-state index contributed by atoms with van der Waals surface area (Å²) in [5.74, 6) is 7.11. The van der Waals surface area contributed by atoms with Crippen LogP contribution in [0.15, 0.2) is 48.5 Å². The van der Waals surface area contributed by atoms with Crippen LogP contribution in [-0.4, -0.2) is 12.1 Å². The molecule has 0 bridgehead atoms. The summed E-state index contributed by atoms with van der Waals surface area (Å²) < 4.78 is 5.41. The molecule has 0 amide bonds. The Morgan fingerprint density at radius 1 is 1.14 bits per heavy atom. The number of nitrogens with zero attached hydrogens (tertiary/aromatic N) is 1. The van der Waals surface area contributed by atoms with Gasteiger partial charge in [-0.2, -0.15) is 0 Å². The molecule has 0 aliphatic carbocycles. The molecule has 3 N–H and O–H groups in total. The van der Waals surface area contributed by atoms with E-state index < -0.39 is 0 Å². The van der Waals surface area contributed by atoms with Gasteiger partial charge in [0.2, 0.25) is 0 Å². The standard InChI is InChI=1S/C18H19N3O/c1-12-8-9-16(22-2)17-15(12)11-14(18(20-17)21-19)10-13-6-4-3-5-7-13/h3-9,11H,10,19H2,1-2H3,(H,20,21). The average molecular weight is 293 g/mol. The van der Waals surface area contributed by atoms with Crippen LogP contribution in [0.25, 0.3) is 10.9 Å². The van der Waals surface area contributed by atoms with Crippen LogP contribution in [-0.2, 0) is 6.42 Å². The van der Waals surface area contributed by atoms with Crippen molar-refractivity contribution in [2.45, 2.75) is 13.3 Å². The normalized spacial score (nSPS) is 10.7. The minimum Gasteiger partial charge on any atom is -0.494 e. The van der Waals surface area contributed by atoms with Gasteiger partial charge in [0.25, 0.3) is 0 Å². The molecule has 3 rings (SSSR count). The summed E-state index contributed by atoms with van der Waals surface area (Å²) in [6.45, 7) is 2.07. The maximum absolute atomic E-state index is 5.67. The van der Waals surface area contributed by atoms with Crippen molar-refractivity contribution in [3.63, 3.8) is 0 Å². The van der Waals surface area contributed by atoms with Crippen LogP contribution in [0, 0.1) is 6.92 Å². The summed E-state index contributed by atoms with van der Waals surface area (Å²) in [6, 6.07) is 16.4. The van der Waals surface area contributed by atoms with Gasteiger partial charge >= 0.3 is 0 Å². The Bertz CT molecular complexity index is 800. The van der Waals surface area contributed by atoms with Gasteiger partial charge < -0.3 is 10.2 Å². The Morgan fingerprint density at radius 2 is 1.91 bits per heavy atom. The Kier molecular flexibility index (Phi) is 3.94. The van der Waals surface area contributed by atoms with E-state index in [2.05, 4.69) is 35.5 Å². The number of aryl methyl sites for hydroxylation is 1. The molecule has 0 aliphatic rings. The van der Waals surface area contributed by atoms with Crippen LogP contribution in [0.2, 0.25) is 0 Å². The predicted molar refractivity (Wildman–Crippen MR) is 90.1 cm³/mol. The van der Waals surface area contributed by atoms with Crippen molar-refractivity contribution in [2.24, 2.45) is 5.84 Å². The molecule has 0 saturated carbocycles. The molecule has 4 heteroatoms. The molecule has 0 saturated heterocycles. The lowest BCUT2D eigenvalue weighted by molar-refractivity contribution is 0.419. The van der Waals surface area contributed by atoms with Crippen molar-refractivity contribution in [3.8, 4) is 5.75 Å². The van der Waals surface area contributed by atoms with E-state index in [0.29, 0.717) is 5.82 Å². The highest BCUT2D eigenvalue weighted by molar-refractivity contribution is 5.89. The highest BCUT2D eigenvalue weighted by atomic mass is 16.5. The minimum absolute atomic E-state index is 0.681. The van der Waals surface area contributed by atoms with Crippen molar-refractivity contribution in [1.82, 2.24) is 4.98 Å². The number of fused-ring (bicyclic) bond motifs is 1. The highest BCUT2D eigenvalue weighted by Crippen LogP contribution is 2.30. The third kappa shape index (κ3) is 2.61. The summed E-state index contributed by atoms with van der Waals surface area (Å²) in [4.78, 5) is 4.66. The number of hydrazine groups is 1. The molecule has 0 fully saturated rings. The summed E-state index contributed by atoms with van der Waals surface area (Å²) in [6.07, 6.45) is 0.778. The molecule has 22 heavy (non-hydrogen) atoms. The van der Waals surface area contributed by atoms with Crippen molar-refractivity contribution in [2.75, 3.05) is 12.5 Å². The van der Waals surface area contributed by atoms with Gasteiger partial charge in [-0.15, -0.1) is 0 Å². The third-order valence-electron chi connectivity index (χ3n) is 3.84. The minimum atomic E-state index is 0.681. The lowest BCUT2D eigenvalue weighted by Crippen LogP contribution is -2.12. The second-order valence-corrected chi connectivity index (χ2v) is 5.28. The molecule has 0 atom stereocenters. The Hall–Kier alpha value is -2.59. The van der Waals surface area contributed by atoms with Crippen LogP contribution in [0.4, 0.5) is 5.82 Å². The number of rotatable bonds is 4. The van der Waals surface area contributed by atoms with Crippen LogP contribution in [0.1, 0.15) is 16.7 Å². The number of pyridine rings is 1. The number of aromatic nitrogens is 1. The summed E-state index contributed by atoms with van der Waals surface area (Å²) in [5, 5.41) is 1.09. The fraction of sp³-hybridized carbons (Fsp3) is 0.167. The van der Waals surface area contributed by atoms with Gasteiger partial charge in [0, 0.05) is 17.4 Å². The lowest BCUT2D eigenvalue weighted by Gasteiger charge is -2.13. The fourth-order valence-corrected chi connectivity index (χ4v) is 2.65. The first-order valence-electron chi connectivity index (χ1n) is 7.20. The molecular weight excluding hydrogens is 274 g/mol. The zero-order valence-corrected chi connectivity index (χ0v) is 12.8. The maximum Gasteiger partial charge on any atom is 0.145 e. The van der Waals surface area contributed by atoms with E-state index in [4.69, 9.17) is 10.6 Å². The number of hydrogen-bond acceptors (Lipinski definition) is 4. The number of nitrogens with two attached hydrogens (primary N) is 1.